The van der Waals surface area contributed by atoms with Crippen LogP contribution in [0.2, 0.25) is 25.7 Å². The summed E-state index contributed by atoms with van der Waals surface area (Å²) in [7, 11) is -1.20. The van der Waals surface area contributed by atoms with Crippen molar-refractivity contribution in [2.45, 2.75) is 77.7 Å². The molecular formula is C22H34BrN5O3Si. The predicted molar refractivity (Wildman–Crippen MR) is 130 cm³/mol. The largest absolute Gasteiger partial charge is 0.444 e. The number of halogens is 1. The third kappa shape index (κ3) is 6.61. The fourth-order valence-corrected chi connectivity index (χ4v) is 4.48. The first-order valence-corrected chi connectivity index (χ1v) is 15.6. The molecule has 2 aromatic heterocycles. The molecule has 8 nitrogen and oxygen atoms in total. The van der Waals surface area contributed by atoms with Crippen molar-refractivity contribution in [1.82, 2.24) is 24.4 Å². The summed E-state index contributed by atoms with van der Waals surface area (Å²) in [4.78, 5) is 28.2. The smallest absolute Gasteiger partial charge is 0.410 e. The molecule has 1 aliphatic heterocycles. The maximum atomic E-state index is 12.9. The minimum Gasteiger partial charge on any atom is -0.444 e. The van der Waals surface area contributed by atoms with E-state index in [-0.39, 0.29) is 12.1 Å². The maximum Gasteiger partial charge on any atom is 0.410 e. The van der Waals surface area contributed by atoms with Crippen LogP contribution in [-0.4, -0.2) is 57.3 Å². The van der Waals surface area contributed by atoms with Crippen LogP contribution in [0.3, 0.4) is 0 Å². The van der Waals surface area contributed by atoms with Crippen molar-refractivity contribution in [3.05, 3.63) is 28.9 Å². The lowest BCUT2D eigenvalue weighted by Gasteiger charge is -2.28. The van der Waals surface area contributed by atoms with Gasteiger partial charge in [-0.05, 0) is 55.6 Å². The zero-order chi connectivity index (χ0) is 23.5. The van der Waals surface area contributed by atoms with Crippen LogP contribution < -0.4 is 0 Å². The summed E-state index contributed by atoms with van der Waals surface area (Å²) in [6.45, 7) is 14.3. The molecule has 1 amide bonds. The van der Waals surface area contributed by atoms with E-state index < -0.39 is 13.7 Å². The van der Waals surface area contributed by atoms with Crippen molar-refractivity contribution in [2.75, 3.05) is 13.2 Å². The number of imidazole rings is 1. The van der Waals surface area contributed by atoms with E-state index in [1.54, 1.807) is 23.5 Å². The average Bonchev–Trinajstić information content (AvgIpc) is 3.30. The van der Waals surface area contributed by atoms with Gasteiger partial charge < -0.3 is 9.47 Å². The lowest BCUT2D eigenvalue weighted by Crippen LogP contribution is -2.37. The highest BCUT2D eigenvalue weighted by molar-refractivity contribution is 9.10. The van der Waals surface area contributed by atoms with Crippen molar-refractivity contribution in [1.29, 1.82) is 0 Å². The van der Waals surface area contributed by atoms with Gasteiger partial charge in [0.1, 0.15) is 23.9 Å². The highest BCUT2D eigenvalue weighted by Crippen LogP contribution is 2.34. The van der Waals surface area contributed by atoms with Crippen molar-refractivity contribution in [3.63, 3.8) is 0 Å². The molecular weight excluding hydrogens is 490 g/mol. The van der Waals surface area contributed by atoms with Gasteiger partial charge in [-0.2, -0.15) is 0 Å². The van der Waals surface area contributed by atoms with Gasteiger partial charge in [0.05, 0.1) is 16.7 Å². The van der Waals surface area contributed by atoms with Crippen molar-refractivity contribution < 1.29 is 14.3 Å². The summed E-state index contributed by atoms with van der Waals surface area (Å²) < 4.78 is 14.5. The molecule has 32 heavy (non-hydrogen) atoms. The second-order valence-electron chi connectivity index (χ2n) is 10.3. The Morgan fingerprint density at radius 2 is 1.88 bits per heavy atom. The van der Waals surface area contributed by atoms with Crippen molar-refractivity contribution >= 4 is 30.1 Å². The Balaban J connectivity index is 1.88. The van der Waals surface area contributed by atoms with E-state index in [9.17, 15) is 4.79 Å². The molecule has 0 radical (unpaired) electrons. The number of ether oxygens (including phenoxy) is 2. The SMILES string of the molecule is CC(C)(C)OC(=O)N1CCC[C@H]1c1ncc(-c2ncc(Br)cn2)n1COCC[Si](C)(C)C. The minimum absolute atomic E-state index is 0.172. The summed E-state index contributed by atoms with van der Waals surface area (Å²) in [5, 5.41) is 0. The van der Waals surface area contributed by atoms with Crippen LogP contribution in [0.15, 0.2) is 23.1 Å². The van der Waals surface area contributed by atoms with Crippen LogP contribution in [0.1, 0.15) is 45.5 Å². The zero-order valence-corrected chi connectivity index (χ0v) is 22.5. The number of amides is 1. The van der Waals surface area contributed by atoms with E-state index in [1.807, 2.05) is 25.3 Å². The Hall–Kier alpha value is -1.78. The highest BCUT2D eigenvalue weighted by atomic mass is 79.9. The van der Waals surface area contributed by atoms with Gasteiger partial charge in [-0.3, -0.25) is 9.47 Å². The summed E-state index contributed by atoms with van der Waals surface area (Å²) in [6.07, 6.45) is 6.62. The Morgan fingerprint density at radius 3 is 2.50 bits per heavy atom. The number of rotatable bonds is 7. The minimum atomic E-state index is -1.20. The molecule has 3 rings (SSSR count). The van der Waals surface area contributed by atoms with Gasteiger partial charge in [0.15, 0.2) is 5.82 Å². The Kier molecular flexibility index (Phi) is 7.77. The molecule has 0 spiro atoms. The van der Waals surface area contributed by atoms with E-state index in [0.29, 0.717) is 25.7 Å². The van der Waals surface area contributed by atoms with Crippen LogP contribution in [0.25, 0.3) is 11.5 Å². The second kappa shape index (κ2) is 10.0. The Morgan fingerprint density at radius 1 is 1.19 bits per heavy atom. The fraction of sp³-hybridized carbons (Fsp3) is 0.636. The van der Waals surface area contributed by atoms with Crippen molar-refractivity contribution in [3.8, 4) is 11.5 Å². The average molecular weight is 525 g/mol. The number of hydrogen-bond donors (Lipinski definition) is 0. The number of nitrogens with zero attached hydrogens (tertiary/aromatic N) is 5. The topological polar surface area (TPSA) is 82.4 Å². The van der Waals surface area contributed by atoms with Crippen LogP contribution in [0.4, 0.5) is 4.79 Å². The van der Waals surface area contributed by atoms with E-state index in [4.69, 9.17) is 14.5 Å². The van der Waals surface area contributed by atoms with Crippen molar-refractivity contribution in [2.24, 2.45) is 0 Å². The molecule has 1 fully saturated rings. The number of aromatic nitrogens is 4. The number of hydrogen-bond acceptors (Lipinski definition) is 6. The maximum absolute atomic E-state index is 12.9. The Bertz CT molecular complexity index is 921. The molecule has 176 valence electrons. The van der Waals surface area contributed by atoms with E-state index >= 15 is 0 Å². The molecule has 0 bridgehead atoms. The third-order valence-corrected chi connectivity index (χ3v) is 7.25. The molecule has 0 aromatic carbocycles. The molecule has 0 saturated carbocycles. The first kappa shape index (κ1) is 24.9. The molecule has 1 atom stereocenters. The molecule has 1 saturated heterocycles. The van der Waals surface area contributed by atoms with Crippen LogP contribution in [0, 0.1) is 0 Å². The first-order valence-electron chi connectivity index (χ1n) is 11.1. The molecule has 10 heteroatoms. The lowest BCUT2D eigenvalue weighted by molar-refractivity contribution is 0.0204. The second-order valence-corrected chi connectivity index (χ2v) is 16.9. The number of carbonyl (C=O) groups is 1. The lowest BCUT2D eigenvalue weighted by atomic mass is 10.2. The summed E-state index contributed by atoms with van der Waals surface area (Å²) >= 11 is 3.39. The monoisotopic (exact) mass is 523 g/mol. The van der Waals surface area contributed by atoms with Gasteiger partial charge in [-0.1, -0.05) is 19.6 Å². The van der Waals surface area contributed by atoms with Gasteiger partial charge in [-0.15, -0.1) is 0 Å². The first-order chi connectivity index (χ1) is 14.9. The molecule has 0 aliphatic carbocycles. The Labute approximate surface area is 199 Å². The van der Waals surface area contributed by atoms with E-state index in [0.717, 1.165) is 34.9 Å². The molecule has 0 N–H and O–H groups in total. The van der Waals surface area contributed by atoms with Gasteiger partial charge in [0.2, 0.25) is 0 Å². The molecule has 1 aliphatic rings. The third-order valence-electron chi connectivity index (χ3n) is 5.13. The predicted octanol–water partition coefficient (Wildman–Crippen LogP) is 5.49. The zero-order valence-electron chi connectivity index (χ0n) is 19.9. The summed E-state index contributed by atoms with van der Waals surface area (Å²) in [5.41, 5.74) is 0.229. The fourth-order valence-electron chi connectivity index (χ4n) is 3.52. The number of carbonyl (C=O) groups excluding carboxylic acids is 1. The normalized spacial score (nSPS) is 17.1. The van der Waals surface area contributed by atoms with E-state index in [2.05, 4.69) is 45.5 Å². The van der Waals surface area contributed by atoms with Gasteiger partial charge in [-0.25, -0.2) is 19.7 Å². The van der Waals surface area contributed by atoms with Crippen LogP contribution >= 0.6 is 15.9 Å². The molecule has 0 unspecified atom stereocenters. The number of likely N-dealkylation sites (tertiary alicyclic amines) is 1. The van der Waals surface area contributed by atoms with Crippen LogP contribution in [0.5, 0.6) is 0 Å². The standard InChI is InChI=1S/C22H34BrN5O3Si/c1-22(2,3)31-21(29)27-9-7-8-17(27)20-26-14-18(19-24-12-16(23)13-25-19)28(20)15-30-10-11-32(4,5)6/h12-14,17H,7-11,15H2,1-6H3/t17-/m0/s1. The molecule has 2 aromatic rings. The highest BCUT2D eigenvalue weighted by Gasteiger charge is 2.36. The van der Waals surface area contributed by atoms with E-state index in [1.165, 1.54) is 0 Å². The molecule has 3 heterocycles. The van der Waals surface area contributed by atoms with Gasteiger partial charge >= 0.3 is 6.09 Å². The summed E-state index contributed by atoms with van der Waals surface area (Å²) in [5.74, 6) is 1.35. The van der Waals surface area contributed by atoms with Gasteiger partial charge in [0.25, 0.3) is 0 Å². The summed E-state index contributed by atoms with van der Waals surface area (Å²) in [6, 6.07) is 0.906. The van der Waals surface area contributed by atoms with Crippen LogP contribution in [-0.2, 0) is 16.2 Å². The quantitative estimate of drug-likeness (QED) is 0.352. The van der Waals surface area contributed by atoms with Gasteiger partial charge in [0, 0.05) is 33.6 Å².